The Bertz CT molecular complexity index is 396. The SMILES string of the molecule is CSc1ccc(C(N)CCC(=O)O)cc1SC. The molecule has 17 heavy (non-hydrogen) atoms. The Morgan fingerprint density at radius 1 is 1.35 bits per heavy atom. The van der Waals surface area contributed by atoms with Gasteiger partial charge < -0.3 is 10.8 Å². The van der Waals surface area contributed by atoms with E-state index in [4.69, 9.17) is 10.8 Å². The van der Waals surface area contributed by atoms with E-state index in [2.05, 4.69) is 6.07 Å². The highest BCUT2D eigenvalue weighted by Crippen LogP contribution is 2.31. The molecule has 1 unspecified atom stereocenters. The van der Waals surface area contributed by atoms with E-state index in [1.54, 1.807) is 23.5 Å². The van der Waals surface area contributed by atoms with Crippen molar-refractivity contribution in [3.05, 3.63) is 23.8 Å². The molecule has 1 aromatic carbocycles. The first-order chi connectivity index (χ1) is 8.08. The summed E-state index contributed by atoms with van der Waals surface area (Å²) in [5.41, 5.74) is 6.99. The first-order valence-corrected chi connectivity index (χ1v) is 7.72. The number of carbonyl (C=O) groups is 1. The average Bonchev–Trinajstić information content (AvgIpc) is 2.34. The summed E-state index contributed by atoms with van der Waals surface area (Å²) in [6.45, 7) is 0. The van der Waals surface area contributed by atoms with E-state index in [0.717, 1.165) is 5.56 Å². The molecule has 0 aliphatic heterocycles. The van der Waals surface area contributed by atoms with Gasteiger partial charge in [-0.3, -0.25) is 4.79 Å². The monoisotopic (exact) mass is 271 g/mol. The molecule has 0 saturated carbocycles. The third-order valence-corrected chi connectivity index (χ3v) is 4.21. The highest BCUT2D eigenvalue weighted by atomic mass is 32.2. The third-order valence-electron chi connectivity index (χ3n) is 2.50. The first kappa shape index (κ1) is 14.4. The molecule has 0 spiro atoms. The van der Waals surface area contributed by atoms with E-state index < -0.39 is 5.97 Å². The van der Waals surface area contributed by atoms with E-state index in [1.165, 1.54) is 9.79 Å². The van der Waals surface area contributed by atoms with Gasteiger partial charge in [0.25, 0.3) is 0 Å². The number of nitrogens with two attached hydrogens (primary N) is 1. The number of benzene rings is 1. The summed E-state index contributed by atoms with van der Waals surface area (Å²) in [5, 5.41) is 8.63. The van der Waals surface area contributed by atoms with Crippen molar-refractivity contribution in [1.29, 1.82) is 0 Å². The Balaban J connectivity index is 2.80. The Labute approximate surface area is 110 Å². The molecule has 1 atom stereocenters. The van der Waals surface area contributed by atoms with Crippen molar-refractivity contribution in [3.63, 3.8) is 0 Å². The van der Waals surface area contributed by atoms with Crippen molar-refractivity contribution in [2.45, 2.75) is 28.7 Å². The van der Waals surface area contributed by atoms with E-state index in [-0.39, 0.29) is 12.5 Å². The van der Waals surface area contributed by atoms with E-state index >= 15 is 0 Å². The van der Waals surface area contributed by atoms with Gasteiger partial charge in [-0.05, 0) is 36.6 Å². The minimum absolute atomic E-state index is 0.111. The minimum Gasteiger partial charge on any atom is -0.481 e. The maximum Gasteiger partial charge on any atom is 0.303 e. The van der Waals surface area contributed by atoms with Gasteiger partial charge in [0, 0.05) is 22.3 Å². The molecular weight excluding hydrogens is 254 g/mol. The van der Waals surface area contributed by atoms with Crippen molar-refractivity contribution in [3.8, 4) is 0 Å². The fourth-order valence-corrected chi connectivity index (χ4v) is 3.02. The van der Waals surface area contributed by atoms with Gasteiger partial charge >= 0.3 is 5.97 Å². The van der Waals surface area contributed by atoms with Crippen LogP contribution < -0.4 is 5.73 Å². The summed E-state index contributed by atoms with van der Waals surface area (Å²) in [6, 6.07) is 5.89. The predicted molar refractivity (Wildman–Crippen MR) is 73.8 cm³/mol. The number of thioether (sulfide) groups is 2. The van der Waals surface area contributed by atoms with Crippen LogP contribution in [0.3, 0.4) is 0 Å². The summed E-state index contributed by atoms with van der Waals surface area (Å²) in [7, 11) is 0. The lowest BCUT2D eigenvalue weighted by Crippen LogP contribution is -2.12. The fourth-order valence-electron chi connectivity index (χ4n) is 1.53. The predicted octanol–water partition coefficient (Wildman–Crippen LogP) is 3.00. The molecule has 0 heterocycles. The molecule has 0 aliphatic carbocycles. The third kappa shape index (κ3) is 4.26. The summed E-state index contributed by atoms with van der Waals surface area (Å²) in [6.07, 6.45) is 4.66. The molecule has 3 nitrogen and oxygen atoms in total. The molecule has 0 aromatic heterocycles. The van der Waals surface area contributed by atoms with Crippen LogP contribution in [0, 0.1) is 0 Å². The standard InChI is InChI=1S/C12H17NO2S2/c1-16-10-5-3-8(7-11(10)17-2)9(13)4-6-12(14)15/h3,5,7,9H,4,6,13H2,1-2H3,(H,14,15). The number of hydrogen-bond donors (Lipinski definition) is 2. The van der Waals surface area contributed by atoms with E-state index in [1.807, 2.05) is 24.6 Å². The second-order valence-corrected chi connectivity index (χ2v) is 5.35. The van der Waals surface area contributed by atoms with Gasteiger partial charge in [-0.1, -0.05) is 6.07 Å². The van der Waals surface area contributed by atoms with Crippen LogP contribution in [-0.2, 0) is 4.79 Å². The fraction of sp³-hybridized carbons (Fsp3) is 0.417. The molecule has 1 aromatic rings. The molecule has 0 bridgehead atoms. The van der Waals surface area contributed by atoms with Gasteiger partial charge in [-0.15, -0.1) is 23.5 Å². The van der Waals surface area contributed by atoms with Crippen molar-refractivity contribution in [2.24, 2.45) is 5.73 Å². The van der Waals surface area contributed by atoms with Gasteiger partial charge in [0.1, 0.15) is 0 Å². The lowest BCUT2D eigenvalue weighted by atomic mass is 10.0. The largest absolute Gasteiger partial charge is 0.481 e. The van der Waals surface area contributed by atoms with Gasteiger partial charge in [0.15, 0.2) is 0 Å². The van der Waals surface area contributed by atoms with Crippen LogP contribution >= 0.6 is 23.5 Å². The molecule has 94 valence electrons. The molecule has 5 heteroatoms. The van der Waals surface area contributed by atoms with Crippen molar-refractivity contribution in [1.82, 2.24) is 0 Å². The number of aliphatic carboxylic acids is 1. The number of carboxylic acid groups (broad SMARTS) is 1. The van der Waals surface area contributed by atoms with Crippen LogP contribution in [0.25, 0.3) is 0 Å². The molecule has 0 amide bonds. The highest BCUT2D eigenvalue weighted by Gasteiger charge is 2.10. The van der Waals surface area contributed by atoms with Crippen LogP contribution in [0.2, 0.25) is 0 Å². The van der Waals surface area contributed by atoms with Crippen molar-refractivity contribution >= 4 is 29.5 Å². The lowest BCUT2D eigenvalue weighted by Gasteiger charge is -2.13. The van der Waals surface area contributed by atoms with Crippen molar-refractivity contribution < 1.29 is 9.90 Å². The summed E-state index contributed by atoms with van der Waals surface area (Å²) in [5.74, 6) is -0.800. The van der Waals surface area contributed by atoms with Gasteiger partial charge in [0.05, 0.1) is 0 Å². The molecule has 1 rings (SSSR count). The Kier molecular flexibility index (Phi) is 5.88. The van der Waals surface area contributed by atoms with Crippen molar-refractivity contribution in [2.75, 3.05) is 12.5 Å². The first-order valence-electron chi connectivity index (χ1n) is 5.27. The second kappa shape index (κ2) is 6.93. The van der Waals surface area contributed by atoms with Crippen LogP contribution in [-0.4, -0.2) is 23.6 Å². The topological polar surface area (TPSA) is 63.3 Å². The number of carboxylic acids is 1. The van der Waals surface area contributed by atoms with Crippen LogP contribution in [0.1, 0.15) is 24.4 Å². The second-order valence-electron chi connectivity index (χ2n) is 3.65. The quantitative estimate of drug-likeness (QED) is 0.779. The van der Waals surface area contributed by atoms with E-state index in [9.17, 15) is 4.79 Å². The summed E-state index contributed by atoms with van der Waals surface area (Å²) < 4.78 is 0. The zero-order valence-electron chi connectivity index (χ0n) is 9.97. The summed E-state index contributed by atoms with van der Waals surface area (Å²) >= 11 is 3.39. The van der Waals surface area contributed by atoms with Gasteiger partial charge in [0.2, 0.25) is 0 Å². The zero-order valence-corrected chi connectivity index (χ0v) is 11.6. The Morgan fingerprint density at radius 3 is 2.53 bits per heavy atom. The molecule has 0 aliphatic rings. The van der Waals surface area contributed by atoms with E-state index in [0.29, 0.717) is 6.42 Å². The smallest absolute Gasteiger partial charge is 0.303 e. The average molecular weight is 271 g/mol. The molecule has 0 fully saturated rings. The van der Waals surface area contributed by atoms with Crippen LogP contribution in [0.15, 0.2) is 28.0 Å². The highest BCUT2D eigenvalue weighted by molar-refractivity contribution is 8.01. The number of hydrogen-bond acceptors (Lipinski definition) is 4. The normalized spacial score (nSPS) is 12.4. The molecule has 3 N–H and O–H groups in total. The number of rotatable bonds is 6. The molecule has 0 saturated heterocycles. The van der Waals surface area contributed by atoms with Gasteiger partial charge in [-0.2, -0.15) is 0 Å². The Hall–Kier alpha value is -0.650. The van der Waals surface area contributed by atoms with Gasteiger partial charge in [-0.25, -0.2) is 0 Å². The molecule has 0 radical (unpaired) electrons. The van der Waals surface area contributed by atoms with Crippen LogP contribution in [0.5, 0.6) is 0 Å². The Morgan fingerprint density at radius 2 is 2.00 bits per heavy atom. The zero-order chi connectivity index (χ0) is 12.8. The maximum atomic E-state index is 10.5. The lowest BCUT2D eigenvalue weighted by molar-refractivity contribution is -0.137. The van der Waals surface area contributed by atoms with Crippen LogP contribution in [0.4, 0.5) is 0 Å². The summed E-state index contributed by atoms with van der Waals surface area (Å²) in [4.78, 5) is 12.9. The minimum atomic E-state index is -0.800. The molecular formula is C12H17NO2S2. The maximum absolute atomic E-state index is 10.5.